The Kier molecular flexibility index (Phi) is 4.90. The molecule has 0 aliphatic heterocycles. The number of hydrogen-bond acceptors (Lipinski definition) is 4. The number of carbonyl (C=O) groups excluding carboxylic acids is 1. The van der Waals surface area contributed by atoms with Crippen molar-refractivity contribution in [2.24, 2.45) is 0 Å². The van der Waals surface area contributed by atoms with E-state index in [1.165, 1.54) is 0 Å². The van der Waals surface area contributed by atoms with Crippen LogP contribution in [0.1, 0.15) is 10.4 Å². The average molecular weight is 228 g/mol. The Balaban J connectivity index is 2.44. The fourth-order valence-corrected chi connectivity index (χ4v) is 1.06. The van der Waals surface area contributed by atoms with Gasteiger partial charge in [-0.3, -0.25) is 0 Å². The van der Waals surface area contributed by atoms with Crippen molar-refractivity contribution in [3.8, 4) is 0 Å². The van der Waals surface area contributed by atoms with E-state index < -0.39 is 0 Å². The maximum Gasteiger partial charge on any atom is 0.338 e. The molecule has 0 spiro atoms. The van der Waals surface area contributed by atoms with Crippen LogP contribution in [0.25, 0.3) is 0 Å². The number of rotatable bonds is 4. The smallest absolute Gasteiger partial charge is 0.338 e. The van der Waals surface area contributed by atoms with Crippen molar-refractivity contribution in [1.29, 1.82) is 0 Å². The van der Waals surface area contributed by atoms with Crippen LogP contribution in [0.3, 0.4) is 0 Å². The Morgan fingerprint density at radius 3 is 2.57 bits per heavy atom. The van der Waals surface area contributed by atoms with Gasteiger partial charge in [0.2, 0.25) is 0 Å². The van der Waals surface area contributed by atoms with E-state index in [-0.39, 0.29) is 11.2 Å². The molecule has 0 heterocycles. The van der Waals surface area contributed by atoms with Gasteiger partial charge in [0.1, 0.15) is 6.61 Å². The standard InChI is InChI=1S/C10H12O2S2/c11-10(12-6-9(14)7-13)8-4-2-1-3-5-8/h1-5,9,13-14H,6-7H2. The lowest BCUT2D eigenvalue weighted by Crippen LogP contribution is -2.15. The molecule has 0 saturated carbocycles. The van der Waals surface area contributed by atoms with Gasteiger partial charge in [-0.25, -0.2) is 4.79 Å². The first-order chi connectivity index (χ1) is 6.74. The van der Waals surface area contributed by atoms with Gasteiger partial charge in [-0.1, -0.05) is 18.2 Å². The van der Waals surface area contributed by atoms with E-state index in [1.54, 1.807) is 24.3 Å². The van der Waals surface area contributed by atoms with Crippen molar-refractivity contribution in [1.82, 2.24) is 0 Å². The van der Waals surface area contributed by atoms with Crippen LogP contribution in [0, 0.1) is 0 Å². The Morgan fingerprint density at radius 1 is 1.36 bits per heavy atom. The highest BCUT2D eigenvalue weighted by molar-refractivity contribution is 7.84. The number of esters is 1. The summed E-state index contributed by atoms with van der Waals surface area (Å²) in [6.45, 7) is 0.292. The Labute approximate surface area is 94.5 Å². The van der Waals surface area contributed by atoms with E-state index in [0.717, 1.165) is 0 Å². The maximum atomic E-state index is 11.4. The third kappa shape index (κ3) is 3.64. The monoisotopic (exact) mass is 228 g/mol. The van der Waals surface area contributed by atoms with Gasteiger partial charge in [0, 0.05) is 11.0 Å². The van der Waals surface area contributed by atoms with Crippen LogP contribution in [0.4, 0.5) is 0 Å². The van der Waals surface area contributed by atoms with Crippen molar-refractivity contribution in [2.75, 3.05) is 12.4 Å². The molecule has 1 unspecified atom stereocenters. The topological polar surface area (TPSA) is 26.3 Å². The van der Waals surface area contributed by atoms with E-state index in [2.05, 4.69) is 25.3 Å². The summed E-state index contributed by atoms with van der Waals surface area (Å²) in [5.74, 6) is 0.275. The first kappa shape index (κ1) is 11.5. The first-order valence-electron chi connectivity index (χ1n) is 4.25. The molecule has 0 bridgehead atoms. The van der Waals surface area contributed by atoms with Gasteiger partial charge in [0.05, 0.1) is 5.56 Å². The minimum absolute atomic E-state index is 0.00834. The third-order valence-corrected chi connectivity index (χ3v) is 2.69. The van der Waals surface area contributed by atoms with Gasteiger partial charge in [0.15, 0.2) is 0 Å². The summed E-state index contributed by atoms with van der Waals surface area (Å²) in [7, 11) is 0. The van der Waals surface area contributed by atoms with Gasteiger partial charge >= 0.3 is 5.97 Å². The van der Waals surface area contributed by atoms with Gasteiger partial charge in [0.25, 0.3) is 0 Å². The molecule has 1 aromatic rings. The Morgan fingerprint density at radius 2 is 2.00 bits per heavy atom. The fraction of sp³-hybridized carbons (Fsp3) is 0.300. The Hall–Kier alpha value is -0.610. The SMILES string of the molecule is O=C(OCC(S)CS)c1ccccc1. The molecular formula is C10H12O2S2. The van der Waals surface area contributed by atoms with E-state index in [0.29, 0.717) is 17.9 Å². The third-order valence-electron chi connectivity index (χ3n) is 1.63. The largest absolute Gasteiger partial charge is 0.461 e. The van der Waals surface area contributed by atoms with Crippen molar-refractivity contribution < 1.29 is 9.53 Å². The molecule has 0 radical (unpaired) electrons. The van der Waals surface area contributed by atoms with E-state index >= 15 is 0 Å². The summed E-state index contributed by atoms with van der Waals surface area (Å²) >= 11 is 8.20. The zero-order valence-electron chi connectivity index (χ0n) is 7.59. The van der Waals surface area contributed by atoms with Crippen molar-refractivity contribution in [3.63, 3.8) is 0 Å². The van der Waals surface area contributed by atoms with Gasteiger partial charge in [-0.2, -0.15) is 25.3 Å². The first-order valence-corrected chi connectivity index (χ1v) is 5.40. The molecule has 0 saturated heterocycles. The van der Waals surface area contributed by atoms with Crippen molar-refractivity contribution in [3.05, 3.63) is 35.9 Å². The van der Waals surface area contributed by atoms with Crippen LogP contribution in [-0.2, 0) is 4.74 Å². The molecule has 1 aromatic carbocycles. The van der Waals surface area contributed by atoms with Crippen molar-refractivity contribution in [2.45, 2.75) is 5.25 Å². The number of benzene rings is 1. The van der Waals surface area contributed by atoms with Crippen LogP contribution < -0.4 is 0 Å². The highest BCUT2D eigenvalue weighted by atomic mass is 32.1. The average Bonchev–Trinajstić information content (AvgIpc) is 2.26. The molecular weight excluding hydrogens is 216 g/mol. The molecule has 2 nitrogen and oxygen atoms in total. The summed E-state index contributed by atoms with van der Waals surface area (Å²) in [6, 6.07) is 8.89. The minimum atomic E-state index is -0.313. The summed E-state index contributed by atoms with van der Waals surface area (Å²) in [4.78, 5) is 11.4. The summed E-state index contributed by atoms with van der Waals surface area (Å²) in [6.07, 6.45) is 0. The van der Waals surface area contributed by atoms with Crippen LogP contribution >= 0.6 is 25.3 Å². The fourth-order valence-electron chi connectivity index (χ4n) is 0.882. The molecule has 0 aromatic heterocycles. The second kappa shape index (κ2) is 5.98. The normalized spacial score (nSPS) is 12.1. The van der Waals surface area contributed by atoms with Crippen LogP contribution in [0.15, 0.2) is 30.3 Å². The number of ether oxygens (including phenoxy) is 1. The van der Waals surface area contributed by atoms with Gasteiger partial charge in [-0.15, -0.1) is 0 Å². The quantitative estimate of drug-likeness (QED) is 0.609. The molecule has 1 rings (SSSR count). The number of thiol groups is 2. The minimum Gasteiger partial charge on any atom is -0.461 e. The van der Waals surface area contributed by atoms with Gasteiger partial charge < -0.3 is 4.74 Å². The lowest BCUT2D eigenvalue weighted by atomic mass is 10.2. The molecule has 76 valence electrons. The van der Waals surface area contributed by atoms with Crippen LogP contribution in [0.2, 0.25) is 0 Å². The molecule has 0 aliphatic carbocycles. The van der Waals surface area contributed by atoms with E-state index in [4.69, 9.17) is 4.74 Å². The lowest BCUT2D eigenvalue weighted by molar-refractivity contribution is 0.0512. The maximum absolute atomic E-state index is 11.4. The number of hydrogen-bond donors (Lipinski definition) is 2. The molecule has 4 heteroatoms. The lowest BCUT2D eigenvalue weighted by Gasteiger charge is -2.08. The molecule has 14 heavy (non-hydrogen) atoms. The highest BCUT2D eigenvalue weighted by Gasteiger charge is 2.08. The predicted molar refractivity (Wildman–Crippen MR) is 63.4 cm³/mol. The van der Waals surface area contributed by atoms with Crippen LogP contribution in [0.5, 0.6) is 0 Å². The second-order valence-corrected chi connectivity index (χ2v) is 3.90. The molecule has 0 aliphatic rings. The second-order valence-electron chi connectivity index (χ2n) is 2.80. The molecule has 0 N–H and O–H groups in total. The number of carbonyl (C=O) groups is 1. The van der Waals surface area contributed by atoms with Gasteiger partial charge in [-0.05, 0) is 12.1 Å². The molecule has 1 atom stereocenters. The summed E-state index contributed by atoms with van der Waals surface area (Å²) in [5.41, 5.74) is 0.562. The summed E-state index contributed by atoms with van der Waals surface area (Å²) < 4.78 is 5.02. The van der Waals surface area contributed by atoms with E-state index in [9.17, 15) is 4.79 Å². The Bertz CT molecular complexity index is 287. The zero-order valence-corrected chi connectivity index (χ0v) is 9.38. The predicted octanol–water partition coefficient (Wildman–Crippen LogP) is 2.07. The highest BCUT2D eigenvalue weighted by Crippen LogP contribution is 2.04. The molecule has 0 amide bonds. The zero-order chi connectivity index (χ0) is 10.4. The van der Waals surface area contributed by atoms with Crippen molar-refractivity contribution >= 4 is 31.2 Å². The summed E-state index contributed by atoms with van der Waals surface area (Å²) in [5, 5.41) is -0.00834. The van der Waals surface area contributed by atoms with E-state index in [1.807, 2.05) is 6.07 Å². The van der Waals surface area contributed by atoms with Crippen LogP contribution in [-0.4, -0.2) is 23.6 Å². The molecule has 0 fully saturated rings.